The van der Waals surface area contributed by atoms with E-state index >= 15 is 8.78 Å². The van der Waals surface area contributed by atoms with E-state index in [-0.39, 0.29) is 43.8 Å². The zero-order valence-corrected chi connectivity index (χ0v) is 28.6. The number of esters is 1. The van der Waals surface area contributed by atoms with Gasteiger partial charge in [0.25, 0.3) is 11.8 Å². The van der Waals surface area contributed by atoms with Crippen molar-refractivity contribution in [3.05, 3.63) is 35.4 Å². The Morgan fingerprint density at radius 1 is 0.771 bits per heavy atom. The average molecular weight is 680 g/mol. The van der Waals surface area contributed by atoms with Crippen molar-refractivity contribution in [2.45, 2.75) is 37.6 Å². The Morgan fingerprint density at radius 3 is 1.96 bits per heavy atom. The van der Waals surface area contributed by atoms with Crippen molar-refractivity contribution in [3.63, 3.8) is 0 Å². The molecule has 2 aromatic carbocycles. The van der Waals surface area contributed by atoms with Crippen LogP contribution in [0.5, 0.6) is 34.5 Å². The van der Waals surface area contributed by atoms with Gasteiger partial charge in [0.15, 0.2) is 23.0 Å². The maximum Gasteiger partial charge on any atom is 0.338 e. The maximum absolute atomic E-state index is 15.1. The zero-order chi connectivity index (χ0) is 34.8. The molecule has 48 heavy (non-hydrogen) atoms. The van der Waals surface area contributed by atoms with Gasteiger partial charge in [0.2, 0.25) is 11.5 Å². The molecule has 4 rings (SSSR count). The van der Waals surface area contributed by atoms with Crippen LogP contribution in [0.3, 0.4) is 0 Å². The molecule has 4 bridgehead atoms. The first-order chi connectivity index (χ1) is 23.0. The highest BCUT2D eigenvalue weighted by Crippen LogP contribution is 2.40. The number of nitrogens with zero attached hydrogens (tertiary/aromatic N) is 3. The van der Waals surface area contributed by atoms with Crippen molar-refractivity contribution >= 4 is 11.9 Å². The Kier molecular flexibility index (Phi) is 12.9. The van der Waals surface area contributed by atoms with Crippen LogP contribution in [-0.4, -0.2) is 134 Å². The maximum atomic E-state index is 15.1. The van der Waals surface area contributed by atoms with Gasteiger partial charge in [-0.05, 0) is 49.9 Å². The Bertz CT molecular complexity index is 1390. The lowest BCUT2D eigenvalue weighted by molar-refractivity contribution is -0.0393. The normalized spacial score (nSPS) is 22.0. The SMILES string of the molecule is COc1cc(C(=O)N(C)[C@@H]2CCCOc3cc(cc(OC)c3OC)C(=O)OCCCN3CCN(CC2)CC(F)(F)C3)cc(OC)c1OC. The van der Waals surface area contributed by atoms with E-state index in [1.807, 2.05) is 0 Å². The predicted molar refractivity (Wildman–Crippen MR) is 174 cm³/mol. The molecule has 12 nitrogen and oxygen atoms in total. The smallest absolute Gasteiger partial charge is 0.338 e. The standard InChI is InChI=1S/C34H47F2N3O9/c1-37(32(40)23-17-26(42-2)30(45-5)27(18-23)43-3)25-9-7-15-47-29-20-24(19-28(44-4)31(29)46-6)33(41)48-16-8-11-38-13-14-39(12-10-25)22-34(35,36)21-38/h17-20,25H,7-16,21-22H2,1-6H3/t25-/m1/s1. The van der Waals surface area contributed by atoms with Gasteiger partial charge in [-0.3, -0.25) is 14.6 Å². The lowest BCUT2D eigenvalue weighted by Crippen LogP contribution is -2.43. The molecule has 0 saturated carbocycles. The number of carbonyl (C=O) groups is 2. The zero-order valence-electron chi connectivity index (χ0n) is 28.6. The van der Waals surface area contributed by atoms with Crippen LogP contribution in [0.15, 0.2) is 24.3 Å². The molecule has 2 unspecified atom stereocenters. The molecule has 2 aromatic rings. The first kappa shape index (κ1) is 36.8. The highest BCUT2D eigenvalue weighted by molar-refractivity contribution is 5.95. The van der Waals surface area contributed by atoms with Gasteiger partial charge in [-0.2, -0.15) is 0 Å². The molecule has 3 atom stereocenters. The summed E-state index contributed by atoms with van der Waals surface area (Å²) in [6, 6.07) is 5.91. The number of amides is 1. The highest BCUT2D eigenvalue weighted by atomic mass is 19.3. The predicted octanol–water partition coefficient (Wildman–Crippen LogP) is 4.23. The fraction of sp³-hybridized carbons (Fsp3) is 0.588. The lowest BCUT2D eigenvalue weighted by Gasteiger charge is -2.31. The number of benzene rings is 2. The molecule has 0 N–H and O–H groups in total. The molecule has 14 heteroatoms. The number of ether oxygens (including phenoxy) is 7. The van der Waals surface area contributed by atoms with Crippen molar-refractivity contribution in [1.29, 1.82) is 0 Å². The second kappa shape index (κ2) is 16.9. The number of fused-ring (bicyclic) bond motifs is 5. The summed E-state index contributed by atoms with van der Waals surface area (Å²) in [5, 5.41) is 0. The van der Waals surface area contributed by atoms with Crippen molar-refractivity contribution < 1.29 is 51.5 Å². The number of alkyl halides is 2. The van der Waals surface area contributed by atoms with E-state index in [1.54, 1.807) is 39.9 Å². The molecule has 266 valence electrons. The first-order valence-corrected chi connectivity index (χ1v) is 16.0. The number of hydrogen-bond donors (Lipinski definition) is 0. The molecule has 0 aromatic heterocycles. The molecule has 0 spiro atoms. The molecule has 1 saturated heterocycles. The second-order valence-corrected chi connectivity index (χ2v) is 11.9. The minimum Gasteiger partial charge on any atom is -0.493 e. The second-order valence-electron chi connectivity index (χ2n) is 11.9. The Balaban J connectivity index is 1.62. The van der Waals surface area contributed by atoms with E-state index in [0.717, 1.165) is 0 Å². The van der Waals surface area contributed by atoms with Gasteiger partial charge in [-0.15, -0.1) is 0 Å². The van der Waals surface area contributed by atoms with Crippen LogP contribution in [0, 0.1) is 0 Å². The topological polar surface area (TPSA) is 108 Å². The molecule has 2 aliphatic heterocycles. The third-order valence-corrected chi connectivity index (χ3v) is 8.67. The van der Waals surface area contributed by atoms with Gasteiger partial charge in [-0.1, -0.05) is 0 Å². The summed E-state index contributed by atoms with van der Waals surface area (Å²) in [4.78, 5) is 31.9. The summed E-state index contributed by atoms with van der Waals surface area (Å²) in [6.07, 6.45) is 1.86. The molecular formula is C34H47F2N3O9. The molecule has 0 radical (unpaired) electrons. The first-order valence-electron chi connectivity index (χ1n) is 16.0. The Hall–Kier alpha value is -4.04. The summed E-state index contributed by atoms with van der Waals surface area (Å²) in [6.45, 7) is 1.15. The summed E-state index contributed by atoms with van der Waals surface area (Å²) < 4.78 is 69.1. The van der Waals surface area contributed by atoms with Gasteiger partial charge in [0, 0.05) is 44.8 Å². The van der Waals surface area contributed by atoms with Gasteiger partial charge >= 0.3 is 5.97 Å². The minimum atomic E-state index is -2.93. The number of cyclic esters (lactones) is 1. The number of hydrogen-bond acceptors (Lipinski definition) is 11. The molecule has 1 fully saturated rings. The number of halogens is 2. The highest BCUT2D eigenvalue weighted by Gasteiger charge is 2.37. The van der Waals surface area contributed by atoms with E-state index in [9.17, 15) is 9.59 Å². The Morgan fingerprint density at radius 2 is 1.35 bits per heavy atom. The minimum absolute atomic E-state index is 0.0726. The van der Waals surface area contributed by atoms with Crippen molar-refractivity contribution in [2.24, 2.45) is 0 Å². The molecule has 2 aliphatic rings. The summed E-state index contributed by atoms with van der Waals surface area (Å²) in [5.74, 6) is -1.80. The number of methoxy groups -OCH3 is 5. The van der Waals surface area contributed by atoms with Gasteiger partial charge in [0.05, 0.1) is 67.4 Å². The fourth-order valence-electron chi connectivity index (χ4n) is 6.16. The number of carbonyl (C=O) groups excluding carboxylic acids is 2. The van der Waals surface area contributed by atoms with Crippen LogP contribution in [0.25, 0.3) is 0 Å². The van der Waals surface area contributed by atoms with Gasteiger partial charge in [-0.25, -0.2) is 13.6 Å². The van der Waals surface area contributed by atoms with E-state index < -0.39 is 11.9 Å². The van der Waals surface area contributed by atoms with Crippen LogP contribution in [0.4, 0.5) is 8.78 Å². The van der Waals surface area contributed by atoms with Crippen molar-refractivity contribution in [3.8, 4) is 34.5 Å². The van der Waals surface area contributed by atoms with Crippen LogP contribution < -0.4 is 28.4 Å². The van der Waals surface area contributed by atoms with Crippen LogP contribution >= 0.6 is 0 Å². The molecule has 0 aliphatic carbocycles. The molecular weight excluding hydrogens is 632 g/mol. The summed E-state index contributed by atoms with van der Waals surface area (Å²) in [5.41, 5.74) is 0.544. The third kappa shape index (κ3) is 9.10. The van der Waals surface area contributed by atoms with Crippen LogP contribution in [-0.2, 0) is 4.74 Å². The van der Waals surface area contributed by atoms with Crippen LogP contribution in [0.2, 0.25) is 0 Å². The summed E-state index contributed by atoms with van der Waals surface area (Å²) >= 11 is 0. The van der Waals surface area contributed by atoms with Gasteiger partial charge < -0.3 is 38.1 Å². The van der Waals surface area contributed by atoms with E-state index in [4.69, 9.17) is 33.2 Å². The van der Waals surface area contributed by atoms with E-state index in [1.165, 1.54) is 41.6 Å². The summed E-state index contributed by atoms with van der Waals surface area (Å²) in [7, 11) is 9.08. The molecule has 2 heterocycles. The Labute approximate surface area is 280 Å². The lowest BCUT2D eigenvalue weighted by atomic mass is 10.0. The average Bonchev–Trinajstić information content (AvgIpc) is 3.23. The number of rotatable bonds is 7. The fourth-order valence-corrected chi connectivity index (χ4v) is 6.16. The van der Waals surface area contributed by atoms with Crippen LogP contribution in [0.1, 0.15) is 46.4 Å². The van der Waals surface area contributed by atoms with Crippen molar-refractivity contribution in [1.82, 2.24) is 14.7 Å². The van der Waals surface area contributed by atoms with E-state index in [2.05, 4.69) is 0 Å². The molecule has 1 amide bonds. The van der Waals surface area contributed by atoms with E-state index in [0.29, 0.717) is 91.9 Å². The third-order valence-electron chi connectivity index (χ3n) is 8.67. The van der Waals surface area contributed by atoms with Gasteiger partial charge in [0.1, 0.15) is 0 Å². The largest absolute Gasteiger partial charge is 0.493 e. The quantitative estimate of drug-likeness (QED) is 0.393. The van der Waals surface area contributed by atoms with Crippen molar-refractivity contribution in [2.75, 3.05) is 95.1 Å². The monoisotopic (exact) mass is 679 g/mol.